The highest BCUT2D eigenvalue weighted by molar-refractivity contribution is 5.93. The number of carbonyl (C=O) groups is 2. The van der Waals surface area contributed by atoms with Crippen LogP contribution in [0.25, 0.3) is 0 Å². The predicted octanol–water partition coefficient (Wildman–Crippen LogP) is -4.70. The van der Waals surface area contributed by atoms with Gasteiger partial charge in [-0.25, -0.2) is 9.59 Å². The number of phenolic OH excluding ortho intramolecular Hbond substituents is 1. The number of aliphatic hydroxyl groups is 5. The van der Waals surface area contributed by atoms with Crippen molar-refractivity contribution in [3.8, 4) is 5.75 Å². The number of aromatic hydroxyl groups is 1. The molecule has 4 unspecified atom stereocenters. The SMILES string of the molecule is C[NH2+]C1[C@H](O)OC(COC(=O)c2cc(N)ccc2O)[C@@H](O)[C@H]1CO[C@@H]1OC(C(=O)O)[C@@H](O)[C@@H](O)C1O. The first-order valence-corrected chi connectivity index (χ1v) is 11.1. The van der Waals surface area contributed by atoms with E-state index >= 15 is 0 Å². The smallest absolute Gasteiger partial charge is 0.342 e. The number of hydrogen-bond acceptors (Lipinski definition) is 13. The van der Waals surface area contributed by atoms with E-state index < -0.39 is 86.3 Å². The molecule has 3 rings (SSSR count). The minimum atomic E-state index is -1.90. The molecule has 202 valence electrons. The molecule has 2 saturated heterocycles. The van der Waals surface area contributed by atoms with Gasteiger partial charge >= 0.3 is 11.9 Å². The third kappa shape index (κ3) is 5.86. The van der Waals surface area contributed by atoms with Crippen molar-refractivity contribution in [3.63, 3.8) is 0 Å². The second kappa shape index (κ2) is 11.6. The van der Waals surface area contributed by atoms with Crippen molar-refractivity contribution in [1.82, 2.24) is 0 Å². The fourth-order valence-corrected chi connectivity index (χ4v) is 4.17. The number of anilines is 1. The van der Waals surface area contributed by atoms with Gasteiger partial charge in [-0.3, -0.25) is 0 Å². The van der Waals surface area contributed by atoms with Gasteiger partial charge in [0, 0.05) is 5.69 Å². The zero-order chi connectivity index (χ0) is 26.7. The van der Waals surface area contributed by atoms with Gasteiger partial charge < -0.3 is 65.7 Å². The maximum atomic E-state index is 12.4. The molecular weight excluding hydrogens is 488 g/mol. The van der Waals surface area contributed by atoms with E-state index in [2.05, 4.69) is 0 Å². The van der Waals surface area contributed by atoms with Crippen LogP contribution in [-0.2, 0) is 23.7 Å². The van der Waals surface area contributed by atoms with E-state index in [4.69, 9.17) is 29.8 Å². The number of carboxylic acids is 1. The van der Waals surface area contributed by atoms with E-state index in [1.54, 1.807) is 7.05 Å². The van der Waals surface area contributed by atoms with Gasteiger partial charge in [-0.1, -0.05) is 0 Å². The van der Waals surface area contributed by atoms with Crippen LogP contribution in [0.3, 0.4) is 0 Å². The number of quaternary nitrogens is 1. The first-order chi connectivity index (χ1) is 17.0. The van der Waals surface area contributed by atoms with E-state index in [1.807, 2.05) is 0 Å². The Morgan fingerprint density at radius 1 is 1.03 bits per heavy atom. The standard InChI is InChI=1S/C21H30N2O13/c1-23-12-9(5-34-21-16(28)14(26)15(27)17(36-21)18(29)30)13(25)11(35-20(12)32)6-33-19(31)8-4-7(22)2-3-10(8)24/h2-4,9,11-17,20-21,23-28,32H,5-6,22H2,1H3,(H,29,30)/p+1/t9-,11?,12?,13-,14+,15-,16?,17?,20+,21+/m0/s1. The average molecular weight is 519 g/mol. The molecule has 0 radical (unpaired) electrons. The van der Waals surface area contributed by atoms with E-state index in [-0.39, 0.29) is 17.0 Å². The Kier molecular flexibility index (Phi) is 9.04. The van der Waals surface area contributed by atoms with Crippen molar-refractivity contribution in [2.45, 2.75) is 55.2 Å². The van der Waals surface area contributed by atoms with E-state index in [0.29, 0.717) is 0 Å². The van der Waals surface area contributed by atoms with E-state index in [9.17, 15) is 40.2 Å². The van der Waals surface area contributed by atoms with Gasteiger partial charge in [0.05, 0.1) is 25.7 Å². The molecule has 2 aliphatic rings. The monoisotopic (exact) mass is 519 g/mol. The Morgan fingerprint density at radius 3 is 2.36 bits per heavy atom. The molecule has 0 bridgehead atoms. The maximum absolute atomic E-state index is 12.4. The highest BCUT2D eigenvalue weighted by atomic mass is 16.7. The minimum absolute atomic E-state index is 0.206. The second-order valence-corrected chi connectivity index (χ2v) is 8.57. The summed E-state index contributed by atoms with van der Waals surface area (Å²) >= 11 is 0. The lowest BCUT2D eigenvalue weighted by molar-refractivity contribution is -0.694. The Hall–Kier alpha value is -2.60. The van der Waals surface area contributed by atoms with E-state index in [1.165, 1.54) is 23.5 Å². The van der Waals surface area contributed by atoms with E-state index in [0.717, 1.165) is 0 Å². The van der Waals surface area contributed by atoms with Crippen LogP contribution in [0.4, 0.5) is 5.69 Å². The van der Waals surface area contributed by atoms with Gasteiger partial charge in [-0.15, -0.1) is 0 Å². The van der Waals surface area contributed by atoms with Gasteiger partial charge in [-0.2, -0.15) is 0 Å². The van der Waals surface area contributed by atoms with Crippen molar-refractivity contribution in [1.29, 1.82) is 0 Å². The lowest BCUT2D eigenvalue weighted by atomic mass is 9.87. The van der Waals surface area contributed by atoms with Crippen molar-refractivity contribution in [3.05, 3.63) is 23.8 Å². The molecule has 36 heavy (non-hydrogen) atoms. The second-order valence-electron chi connectivity index (χ2n) is 8.57. The number of aliphatic hydroxyl groups excluding tert-OH is 5. The van der Waals surface area contributed by atoms with Crippen LogP contribution in [0.2, 0.25) is 0 Å². The zero-order valence-corrected chi connectivity index (χ0v) is 19.2. The number of rotatable bonds is 8. The number of likely N-dealkylation sites (N-methyl/N-ethyl adjacent to an activating group) is 1. The molecular formula is C21H31N2O13+. The highest BCUT2D eigenvalue weighted by Gasteiger charge is 2.50. The van der Waals surface area contributed by atoms with Crippen LogP contribution >= 0.6 is 0 Å². The van der Waals surface area contributed by atoms with Crippen molar-refractivity contribution in [2.75, 3.05) is 26.0 Å². The third-order valence-corrected chi connectivity index (χ3v) is 6.23. The maximum Gasteiger partial charge on any atom is 0.342 e. The van der Waals surface area contributed by atoms with Crippen LogP contribution in [0.1, 0.15) is 10.4 Å². The number of benzene rings is 1. The summed E-state index contributed by atoms with van der Waals surface area (Å²) in [5.41, 5.74) is 5.61. The molecule has 0 aromatic heterocycles. The molecule has 2 fully saturated rings. The number of nitrogen functional groups attached to an aromatic ring is 1. The number of nitrogens with two attached hydrogens (primary N) is 2. The highest BCUT2D eigenvalue weighted by Crippen LogP contribution is 2.28. The summed E-state index contributed by atoms with van der Waals surface area (Å²) in [5, 5.41) is 71.7. The fourth-order valence-electron chi connectivity index (χ4n) is 4.17. The summed E-state index contributed by atoms with van der Waals surface area (Å²) < 4.78 is 21.0. The molecule has 0 amide bonds. The summed E-state index contributed by atoms with van der Waals surface area (Å²) in [6, 6.07) is 3.00. The van der Waals surface area contributed by atoms with Crippen LogP contribution in [0.15, 0.2) is 18.2 Å². The number of ether oxygens (including phenoxy) is 4. The van der Waals surface area contributed by atoms with Crippen LogP contribution in [0.5, 0.6) is 5.75 Å². The Balaban J connectivity index is 1.67. The third-order valence-electron chi connectivity index (χ3n) is 6.23. The Labute approximate surface area is 204 Å². The summed E-state index contributed by atoms with van der Waals surface area (Å²) in [6.45, 7) is -0.930. The van der Waals surface area contributed by atoms with Gasteiger partial charge in [0.25, 0.3) is 0 Å². The number of aliphatic carboxylic acids is 1. The van der Waals surface area contributed by atoms with Gasteiger partial charge in [0.1, 0.15) is 48.4 Å². The van der Waals surface area contributed by atoms with Gasteiger partial charge in [0.15, 0.2) is 12.4 Å². The first-order valence-electron chi connectivity index (χ1n) is 11.1. The van der Waals surface area contributed by atoms with Crippen molar-refractivity contribution in [2.24, 2.45) is 5.92 Å². The summed E-state index contributed by atoms with van der Waals surface area (Å²) in [5.74, 6) is -3.82. The fraction of sp³-hybridized carbons (Fsp3) is 0.619. The molecule has 2 heterocycles. The van der Waals surface area contributed by atoms with Crippen molar-refractivity contribution >= 4 is 17.6 Å². The van der Waals surface area contributed by atoms with Crippen LogP contribution in [-0.4, -0.2) is 123 Å². The number of hydrogen-bond donors (Lipinski definition) is 9. The molecule has 15 heteroatoms. The average Bonchev–Trinajstić information content (AvgIpc) is 2.83. The molecule has 0 saturated carbocycles. The van der Waals surface area contributed by atoms with Gasteiger partial charge in [-0.05, 0) is 18.2 Å². The molecule has 11 N–H and O–H groups in total. The van der Waals surface area contributed by atoms with Crippen LogP contribution < -0.4 is 11.1 Å². The first kappa shape index (κ1) is 28.0. The molecule has 0 spiro atoms. The molecule has 0 aliphatic carbocycles. The summed E-state index contributed by atoms with van der Waals surface area (Å²) in [7, 11) is 1.59. The number of carbonyl (C=O) groups excluding carboxylic acids is 1. The van der Waals surface area contributed by atoms with Crippen LogP contribution in [0, 0.1) is 5.92 Å². The topological polar surface area (TPSA) is 255 Å². The lowest BCUT2D eigenvalue weighted by Crippen LogP contribution is -2.93. The number of esters is 1. The quantitative estimate of drug-likeness (QED) is 0.0888. The molecule has 2 aliphatic heterocycles. The summed E-state index contributed by atoms with van der Waals surface area (Å²) in [4.78, 5) is 23.6. The molecule has 15 nitrogen and oxygen atoms in total. The summed E-state index contributed by atoms with van der Waals surface area (Å²) in [6.07, 6.45) is -13.2. The Morgan fingerprint density at radius 2 is 1.72 bits per heavy atom. The predicted molar refractivity (Wildman–Crippen MR) is 115 cm³/mol. The minimum Gasteiger partial charge on any atom is -0.507 e. The molecule has 1 aromatic rings. The number of phenols is 1. The molecule has 1 aromatic carbocycles. The lowest BCUT2D eigenvalue weighted by Gasteiger charge is -2.42. The number of carboxylic acid groups (broad SMARTS) is 1. The Bertz CT molecular complexity index is 933. The zero-order valence-electron chi connectivity index (χ0n) is 19.2. The largest absolute Gasteiger partial charge is 0.507 e. The van der Waals surface area contributed by atoms with Crippen molar-refractivity contribution < 1.29 is 69.6 Å². The molecule has 10 atom stereocenters. The normalized spacial score (nSPS) is 36.8. The van der Waals surface area contributed by atoms with Gasteiger partial charge in [0.2, 0.25) is 6.29 Å².